The van der Waals surface area contributed by atoms with Crippen LogP contribution in [0.5, 0.6) is 0 Å². The van der Waals surface area contributed by atoms with E-state index in [9.17, 15) is 0 Å². The third-order valence-electron chi connectivity index (χ3n) is 14.1. The summed E-state index contributed by atoms with van der Waals surface area (Å²) in [5.41, 5.74) is 15.4. The monoisotopic (exact) mass is 794 g/mol. The van der Waals surface area contributed by atoms with Crippen molar-refractivity contribution < 1.29 is 0 Å². The molecule has 2 aliphatic carbocycles. The lowest BCUT2D eigenvalue weighted by Crippen LogP contribution is -2.33. The molecule has 3 aromatic heterocycles. The summed E-state index contributed by atoms with van der Waals surface area (Å²) < 4.78 is 4.89. The van der Waals surface area contributed by atoms with Crippen LogP contribution in [0.2, 0.25) is 0 Å². The first-order valence-electron chi connectivity index (χ1n) is 21.7. The Bertz CT molecular complexity index is 3770. The minimum absolute atomic E-state index is 0.0400. The molecular weight excluding hydrogens is 753 g/mol. The summed E-state index contributed by atoms with van der Waals surface area (Å²) in [4.78, 5) is 10.6. The highest BCUT2D eigenvalue weighted by Gasteiger charge is 2.43. The predicted molar refractivity (Wildman–Crippen MR) is 259 cm³/mol. The molecule has 0 aliphatic heterocycles. The van der Waals surface area contributed by atoms with Crippen LogP contribution >= 0.6 is 0 Å². The summed E-state index contributed by atoms with van der Waals surface area (Å²) in [7, 11) is 0. The molecule has 0 saturated carbocycles. The smallest absolute Gasteiger partial charge is 0.235 e. The van der Waals surface area contributed by atoms with E-state index in [2.05, 4.69) is 218 Å². The van der Waals surface area contributed by atoms with E-state index < -0.39 is 0 Å². The molecule has 2 aliphatic rings. The summed E-state index contributed by atoms with van der Waals surface area (Å²) in [5.74, 6) is 0.664. The second-order valence-corrected chi connectivity index (χ2v) is 18.0. The van der Waals surface area contributed by atoms with Gasteiger partial charge in [-0.3, -0.25) is 4.57 Å². The number of hydrogen-bond donors (Lipinski definition) is 0. The maximum atomic E-state index is 5.37. The summed E-state index contributed by atoms with van der Waals surface area (Å²) in [6.45, 7) is 7.24. The van der Waals surface area contributed by atoms with Gasteiger partial charge in [-0.25, -0.2) is 9.97 Å². The molecule has 4 heteroatoms. The Balaban J connectivity index is 1.02. The van der Waals surface area contributed by atoms with Gasteiger partial charge in [0, 0.05) is 43.4 Å². The highest BCUT2D eigenvalue weighted by Crippen LogP contribution is 2.54. The van der Waals surface area contributed by atoms with Crippen LogP contribution in [0, 0.1) is 0 Å². The van der Waals surface area contributed by atoms with Gasteiger partial charge < -0.3 is 4.57 Å². The standard InChI is InChI=1S/C58H42N4/c1-57(2)47-22-12-9-19-41(47)42-31-32-58(3,35-48(42)57)62-51-24-14-11-20-43(51)44-28-25-39(34-53(44)62)38-27-29-50-46(33-38)54-40-18-8-7-15-36(40)26-30-52(54)61(50)56-59-49-23-13-10-21-45(49)55(60-56)37-16-5-4-6-17-37/h4-34H,35H2,1-3H3. The van der Waals surface area contributed by atoms with Crippen LogP contribution in [0.4, 0.5) is 0 Å². The van der Waals surface area contributed by atoms with Crippen molar-refractivity contribution in [1.82, 2.24) is 19.1 Å². The normalized spacial score (nSPS) is 17.0. The third-order valence-corrected chi connectivity index (χ3v) is 14.1. The van der Waals surface area contributed by atoms with Gasteiger partial charge in [-0.1, -0.05) is 166 Å². The molecular formula is C58H42N4. The minimum atomic E-state index is -0.271. The first-order chi connectivity index (χ1) is 30.4. The Labute approximate surface area is 359 Å². The van der Waals surface area contributed by atoms with Gasteiger partial charge >= 0.3 is 0 Å². The molecule has 3 heterocycles. The molecule has 11 aromatic rings. The van der Waals surface area contributed by atoms with Crippen molar-refractivity contribution in [3.63, 3.8) is 0 Å². The number of fused-ring (bicyclic) bond motifs is 11. The van der Waals surface area contributed by atoms with Crippen LogP contribution in [0.15, 0.2) is 194 Å². The fourth-order valence-corrected chi connectivity index (χ4v) is 11.1. The molecule has 1 atom stereocenters. The lowest BCUT2D eigenvalue weighted by molar-refractivity contribution is 0.403. The minimum Gasteiger partial charge on any atom is -0.331 e. The van der Waals surface area contributed by atoms with Crippen molar-refractivity contribution in [3.8, 4) is 28.3 Å². The van der Waals surface area contributed by atoms with E-state index in [1.54, 1.807) is 0 Å². The van der Waals surface area contributed by atoms with Gasteiger partial charge in [-0.2, -0.15) is 0 Å². The Morgan fingerprint density at radius 2 is 1.19 bits per heavy atom. The Kier molecular flexibility index (Phi) is 7.23. The fraction of sp³-hybridized carbons (Fsp3) is 0.103. The third kappa shape index (κ3) is 4.89. The van der Waals surface area contributed by atoms with Crippen molar-refractivity contribution in [2.45, 2.75) is 38.1 Å². The number of allylic oxidation sites excluding steroid dienone is 4. The number of rotatable bonds is 4. The molecule has 0 bridgehead atoms. The summed E-state index contributed by atoms with van der Waals surface area (Å²) in [5, 5.41) is 8.41. The lowest BCUT2D eigenvalue weighted by Gasteiger charge is -2.37. The van der Waals surface area contributed by atoms with Gasteiger partial charge in [0.2, 0.25) is 5.95 Å². The fourth-order valence-electron chi connectivity index (χ4n) is 11.1. The van der Waals surface area contributed by atoms with Crippen LogP contribution in [0.1, 0.15) is 38.3 Å². The maximum absolute atomic E-state index is 5.37. The van der Waals surface area contributed by atoms with Gasteiger partial charge in [-0.05, 0) is 93.9 Å². The van der Waals surface area contributed by atoms with Crippen molar-refractivity contribution in [2.24, 2.45) is 0 Å². The van der Waals surface area contributed by atoms with Gasteiger partial charge in [0.05, 0.1) is 33.3 Å². The van der Waals surface area contributed by atoms with E-state index in [4.69, 9.17) is 9.97 Å². The zero-order chi connectivity index (χ0) is 41.3. The highest BCUT2D eigenvalue weighted by atomic mass is 15.2. The van der Waals surface area contributed by atoms with Gasteiger partial charge in [0.1, 0.15) is 0 Å². The van der Waals surface area contributed by atoms with Crippen LogP contribution in [-0.4, -0.2) is 19.1 Å². The molecule has 0 N–H and O–H groups in total. The van der Waals surface area contributed by atoms with Crippen LogP contribution in [-0.2, 0) is 11.0 Å². The topological polar surface area (TPSA) is 35.6 Å². The average molecular weight is 795 g/mol. The quantitative estimate of drug-likeness (QED) is 0.178. The number of para-hydroxylation sites is 2. The number of hydrogen-bond acceptors (Lipinski definition) is 2. The SMILES string of the molecule is CC1(C)C2=C(C=CC(C)(n3c4ccccc4c4ccc(-c5ccc6c(c5)c5c7ccccc7ccc5n6-c5nc(-c6ccccc6)c6ccccc6n5)cc43)C2)c2ccccc21. The van der Waals surface area contributed by atoms with Gasteiger partial charge in [-0.15, -0.1) is 0 Å². The Hall–Kier alpha value is -7.56. The molecule has 13 rings (SSSR count). The van der Waals surface area contributed by atoms with E-state index in [1.165, 1.54) is 76.8 Å². The number of nitrogens with zero attached hydrogens (tertiary/aromatic N) is 4. The van der Waals surface area contributed by atoms with Crippen LogP contribution in [0.25, 0.3) is 99.2 Å². The van der Waals surface area contributed by atoms with Crippen molar-refractivity contribution >= 4 is 70.9 Å². The largest absolute Gasteiger partial charge is 0.331 e. The second kappa shape index (κ2) is 12.7. The molecule has 0 radical (unpaired) electrons. The lowest BCUT2D eigenvalue weighted by atomic mass is 9.74. The number of benzene rings is 8. The van der Waals surface area contributed by atoms with Crippen LogP contribution < -0.4 is 0 Å². The zero-order valence-electron chi connectivity index (χ0n) is 34.9. The average Bonchev–Trinajstić information content (AvgIpc) is 3.91. The summed E-state index contributed by atoms with van der Waals surface area (Å²) >= 11 is 0. The molecule has 1 unspecified atom stereocenters. The second-order valence-electron chi connectivity index (χ2n) is 18.0. The van der Waals surface area contributed by atoms with E-state index >= 15 is 0 Å². The van der Waals surface area contributed by atoms with E-state index in [-0.39, 0.29) is 11.0 Å². The molecule has 8 aromatic carbocycles. The Morgan fingerprint density at radius 3 is 2.08 bits per heavy atom. The number of aromatic nitrogens is 4. The zero-order valence-corrected chi connectivity index (χ0v) is 34.9. The van der Waals surface area contributed by atoms with Crippen molar-refractivity contribution in [1.29, 1.82) is 0 Å². The van der Waals surface area contributed by atoms with Gasteiger partial charge in [0.15, 0.2) is 0 Å². The van der Waals surface area contributed by atoms with E-state index in [1.807, 2.05) is 0 Å². The molecule has 0 fully saturated rings. The molecule has 0 spiro atoms. The maximum Gasteiger partial charge on any atom is 0.235 e. The summed E-state index contributed by atoms with van der Waals surface area (Å²) in [6.07, 6.45) is 5.82. The van der Waals surface area contributed by atoms with Crippen LogP contribution in [0.3, 0.4) is 0 Å². The van der Waals surface area contributed by atoms with E-state index in [0.29, 0.717) is 5.95 Å². The Morgan fingerprint density at radius 1 is 0.500 bits per heavy atom. The molecule has 0 amide bonds. The molecule has 0 saturated heterocycles. The molecule has 294 valence electrons. The van der Waals surface area contributed by atoms with Gasteiger partial charge in [0.25, 0.3) is 0 Å². The first-order valence-corrected chi connectivity index (χ1v) is 21.7. The van der Waals surface area contributed by atoms with Crippen molar-refractivity contribution in [2.75, 3.05) is 0 Å². The molecule has 62 heavy (non-hydrogen) atoms. The summed E-state index contributed by atoms with van der Waals surface area (Å²) in [6, 6.07) is 64.0. The molecule has 4 nitrogen and oxygen atoms in total. The predicted octanol–water partition coefficient (Wildman–Crippen LogP) is 14.7. The first kappa shape index (κ1) is 35.2. The highest BCUT2D eigenvalue weighted by molar-refractivity contribution is 6.22. The van der Waals surface area contributed by atoms with E-state index in [0.717, 1.165) is 39.6 Å². The van der Waals surface area contributed by atoms with Crippen molar-refractivity contribution in [3.05, 3.63) is 205 Å².